The summed E-state index contributed by atoms with van der Waals surface area (Å²) in [4.78, 5) is 22.5. The Hall–Kier alpha value is -2.95. The van der Waals surface area contributed by atoms with Crippen molar-refractivity contribution in [2.45, 2.75) is 0 Å². The normalized spacial score (nSPS) is 10.7. The Morgan fingerprint density at radius 3 is 2.33 bits per heavy atom. The molecule has 0 aliphatic carbocycles. The van der Waals surface area contributed by atoms with Gasteiger partial charge < -0.3 is 4.74 Å². The third-order valence-corrected chi connectivity index (χ3v) is 3.46. The van der Waals surface area contributed by atoms with E-state index < -0.39 is 10.9 Å². The van der Waals surface area contributed by atoms with Crippen LogP contribution in [-0.2, 0) is 4.74 Å². The number of nitro groups is 1. The molecule has 0 spiro atoms. The molecule has 3 aromatic rings. The summed E-state index contributed by atoms with van der Waals surface area (Å²) < 4.78 is 4.77. The van der Waals surface area contributed by atoms with E-state index in [4.69, 9.17) is 4.74 Å². The number of ether oxygens (including phenoxy) is 1. The zero-order valence-electron chi connectivity index (χ0n) is 11.2. The van der Waals surface area contributed by atoms with Gasteiger partial charge in [-0.05, 0) is 34.4 Å². The van der Waals surface area contributed by atoms with E-state index in [1.807, 2.05) is 6.07 Å². The van der Waals surface area contributed by atoms with Gasteiger partial charge in [-0.1, -0.05) is 24.3 Å². The van der Waals surface area contributed by atoms with Gasteiger partial charge in [0.05, 0.1) is 23.0 Å². The third kappa shape index (κ3) is 2.08. The van der Waals surface area contributed by atoms with Gasteiger partial charge in [0.1, 0.15) is 0 Å². The van der Waals surface area contributed by atoms with Crippen molar-refractivity contribution in [2.24, 2.45) is 0 Å². The highest BCUT2D eigenvalue weighted by molar-refractivity contribution is 6.10. The summed E-state index contributed by atoms with van der Waals surface area (Å²) in [7, 11) is 1.33. The summed E-state index contributed by atoms with van der Waals surface area (Å²) in [5.74, 6) is -0.426. The zero-order chi connectivity index (χ0) is 15.0. The van der Waals surface area contributed by atoms with Crippen LogP contribution in [0.1, 0.15) is 10.4 Å². The fourth-order valence-corrected chi connectivity index (χ4v) is 2.48. The lowest BCUT2D eigenvalue weighted by molar-refractivity contribution is -0.383. The van der Waals surface area contributed by atoms with Crippen LogP contribution in [0.2, 0.25) is 0 Å². The van der Waals surface area contributed by atoms with Crippen LogP contribution in [0.3, 0.4) is 0 Å². The predicted molar refractivity (Wildman–Crippen MR) is 79.4 cm³/mol. The van der Waals surface area contributed by atoms with Crippen molar-refractivity contribution in [1.29, 1.82) is 0 Å². The molecule has 0 N–H and O–H groups in total. The summed E-state index contributed by atoms with van der Waals surface area (Å²) in [5.41, 5.74) is 0.501. The molecule has 0 heterocycles. The highest BCUT2D eigenvalue weighted by atomic mass is 16.6. The number of carbonyl (C=O) groups excluding carboxylic acids is 1. The molecule has 0 aliphatic rings. The monoisotopic (exact) mass is 281 g/mol. The number of non-ortho nitro benzene ring substituents is 1. The number of methoxy groups -OCH3 is 1. The van der Waals surface area contributed by atoms with Crippen molar-refractivity contribution in [1.82, 2.24) is 0 Å². The molecule has 104 valence electrons. The number of fused-ring (bicyclic) bond motifs is 2. The fourth-order valence-electron chi connectivity index (χ4n) is 2.48. The molecule has 0 unspecified atom stereocenters. The van der Waals surface area contributed by atoms with E-state index in [1.165, 1.54) is 13.2 Å². The van der Waals surface area contributed by atoms with Crippen LogP contribution in [0.4, 0.5) is 5.69 Å². The average Bonchev–Trinajstić information content (AvgIpc) is 2.50. The number of nitrogens with zero attached hydrogens (tertiary/aromatic N) is 1. The highest BCUT2D eigenvalue weighted by Crippen LogP contribution is 2.31. The van der Waals surface area contributed by atoms with E-state index in [1.54, 1.807) is 36.4 Å². The van der Waals surface area contributed by atoms with Crippen molar-refractivity contribution in [2.75, 3.05) is 7.11 Å². The molecule has 0 saturated carbocycles. The second-order valence-electron chi connectivity index (χ2n) is 4.63. The minimum atomic E-state index is -0.426. The first kappa shape index (κ1) is 13.1. The first-order valence-electron chi connectivity index (χ1n) is 6.30. The summed E-state index contributed by atoms with van der Waals surface area (Å²) in [6, 6.07) is 13.6. The molecular formula is C16H11NO4. The van der Waals surface area contributed by atoms with Gasteiger partial charge in [0.15, 0.2) is 0 Å². The highest BCUT2D eigenvalue weighted by Gasteiger charge is 2.15. The minimum absolute atomic E-state index is 0.0536. The smallest absolute Gasteiger partial charge is 0.338 e. The van der Waals surface area contributed by atoms with E-state index in [9.17, 15) is 14.9 Å². The molecule has 21 heavy (non-hydrogen) atoms. The van der Waals surface area contributed by atoms with Crippen molar-refractivity contribution < 1.29 is 14.5 Å². The lowest BCUT2D eigenvalue weighted by Gasteiger charge is -2.07. The van der Waals surface area contributed by atoms with E-state index >= 15 is 0 Å². The van der Waals surface area contributed by atoms with Gasteiger partial charge in [-0.2, -0.15) is 0 Å². The number of carbonyl (C=O) groups is 1. The van der Waals surface area contributed by atoms with Crippen molar-refractivity contribution in [3.63, 3.8) is 0 Å². The molecule has 5 nitrogen and oxygen atoms in total. The number of nitro benzene ring substituents is 1. The van der Waals surface area contributed by atoms with Gasteiger partial charge >= 0.3 is 5.97 Å². The Bertz CT molecular complexity index is 886. The number of benzene rings is 3. The lowest BCUT2D eigenvalue weighted by atomic mass is 9.99. The van der Waals surface area contributed by atoms with Gasteiger partial charge in [-0.3, -0.25) is 10.1 Å². The van der Waals surface area contributed by atoms with Gasteiger partial charge in [-0.15, -0.1) is 0 Å². The van der Waals surface area contributed by atoms with Crippen LogP contribution in [0.25, 0.3) is 21.5 Å². The first-order chi connectivity index (χ1) is 10.1. The molecule has 0 atom stereocenters. The second-order valence-corrected chi connectivity index (χ2v) is 4.63. The largest absolute Gasteiger partial charge is 0.465 e. The van der Waals surface area contributed by atoms with E-state index in [0.29, 0.717) is 16.3 Å². The quantitative estimate of drug-likeness (QED) is 0.311. The molecule has 0 fully saturated rings. The maximum atomic E-state index is 11.8. The summed E-state index contributed by atoms with van der Waals surface area (Å²) >= 11 is 0. The summed E-state index contributed by atoms with van der Waals surface area (Å²) in [5, 5.41) is 13.9. The Kier molecular flexibility index (Phi) is 3.02. The second kappa shape index (κ2) is 4.86. The van der Waals surface area contributed by atoms with Crippen molar-refractivity contribution in [3.05, 3.63) is 64.2 Å². The molecule has 0 aromatic heterocycles. The first-order valence-corrected chi connectivity index (χ1v) is 6.30. The summed E-state index contributed by atoms with van der Waals surface area (Å²) in [6.45, 7) is 0. The number of esters is 1. The van der Waals surface area contributed by atoms with Crippen LogP contribution in [0.5, 0.6) is 0 Å². The predicted octanol–water partition coefficient (Wildman–Crippen LogP) is 3.69. The van der Waals surface area contributed by atoms with Crippen LogP contribution in [0.15, 0.2) is 48.5 Å². The average molecular weight is 281 g/mol. The minimum Gasteiger partial charge on any atom is -0.465 e. The Balaban J connectivity index is 2.40. The topological polar surface area (TPSA) is 69.4 Å². The van der Waals surface area contributed by atoms with Crippen LogP contribution in [0, 0.1) is 10.1 Å². The number of hydrogen-bond acceptors (Lipinski definition) is 4. The molecule has 0 bridgehead atoms. The Labute approximate surface area is 119 Å². The molecule has 0 saturated heterocycles. The van der Waals surface area contributed by atoms with Gasteiger partial charge in [0, 0.05) is 6.07 Å². The van der Waals surface area contributed by atoms with E-state index in [2.05, 4.69) is 0 Å². The molecule has 3 aromatic carbocycles. The number of rotatable bonds is 2. The van der Waals surface area contributed by atoms with Crippen molar-refractivity contribution >= 4 is 33.2 Å². The third-order valence-electron chi connectivity index (χ3n) is 3.46. The summed E-state index contributed by atoms with van der Waals surface area (Å²) in [6.07, 6.45) is 0. The maximum Gasteiger partial charge on any atom is 0.338 e. The molecule has 0 aliphatic heterocycles. The molecule has 0 radical (unpaired) electrons. The molecule has 3 rings (SSSR count). The Morgan fingerprint density at radius 2 is 1.67 bits per heavy atom. The standard InChI is InChI=1S/C16H11NO4/c1-21-16(18)12-6-2-4-10-9-14-11(8-13(10)12)5-3-7-15(14)17(19)20/h2-9H,1H3. The van der Waals surface area contributed by atoms with Crippen LogP contribution >= 0.6 is 0 Å². The zero-order valence-corrected chi connectivity index (χ0v) is 11.2. The lowest BCUT2D eigenvalue weighted by Crippen LogP contribution is -2.01. The van der Waals surface area contributed by atoms with Gasteiger partial charge in [0.2, 0.25) is 0 Å². The molecular weight excluding hydrogens is 270 g/mol. The van der Waals surface area contributed by atoms with E-state index in [0.717, 1.165) is 10.8 Å². The SMILES string of the molecule is COC(=O)c1cccc2cc3c([N+](=O)[O-])cccc3cc12. The number of hydrogen-bond donors (Lipinski definition) is 0. The van der Waals surface area contributed by atoms with Crippen molar-refractivity contribution in [3.8, 4) is 0 Å². The van der Waals surface area contributed by atoms with Gasteiger partial charge in [-0.25, -0.2) is 4.79 Å². The van der Waals surface area contributed by atoms with Gasteiger partial charge in [0.25, 0.3) is 5.69 Å². The van der Waals surface area contributed by atoms with E-state index in [-0.39, 0.29) is 5.69 Å². The fraction of sp³-hybridized carbons (Fsp3) is 0.0625. The Morgan fingerprint density at radius 1 is 1.05 bits per heavy atom. The maximum absolute atomic E-state index is 11.8. The molecule has 0 amide bonds. The van der Waals surface area contributed by atoms with Crippen LogP contribution in [-0.4, -0.2) is 18.0 Å². The van der Waals surface area contributed by atoms with Crippen LogP contribution < -0.4 is 0 Å². The molecule has 5 heteroatoms.